The average Bonchev–Trinajstić information content (AvgIpc) is 2.29. The zero-order chi connectivity index (χ0) is 12.7. The highest BCUT2D eigenvalue weighted by atomic mass is 35.5. The monoisotopic (exact) mass is 337 g/mol. The number of methoxy groups -OCH3 is 1. The second-order valence-corrected chi connectivity index (χ2v) is 6.17. The first-order chi connectivity index (χ1) is 8.03. The first-order valence-electron chi connectivity index (χ1n) is 5.97. The van der Waals surface area contributed by atoms with E-state index in [1.165, 1.54) is 7.11 Å². The fourth-order valence-electron chi connectivity index (χ4n) is 1.73. The van der Waals surface area contributed by atoms with Crippen LogP contribution in [0.1, 0.15) is 6.92 Å². The predicted octanol–water partition coefficient (Wildman–Crippen LogP) is -0.310. The van der Waals surface area contributed by atoms with Crippen LogP contribution in [-0.2, 0) is 14.8 Å². The Kier molecular flexibility index (Phi) is 12.6. The molecule has 1 unspecified atom stereocenters. The fourth-order valence-corrected chi connectivity index (χ4v) is 3.00. The molecule has 1 aliphatic heterocycles. The summed E-state index contributed by atoms with van der Waals surface area (Å²) in [5, 5.41) is 3.26. The lowest BCUT2D eigenvalue weighted by atomic mass is 10.3. The third-order valence-electron chi connectivity index (χ3n) is 2.82. The summed E-state index contributed by atoms with van der Waals surface area (Å²) in [6.45, 7) is 6.91. The topological polar surface area (TPSA) is 70.7 Å². The van der Waals surface area contributed by atoms with Crippen molar-refractivity contribution < 1.29 is 13.2 Å². The third-order valence-corrected chi connectivity index (χ3v) is 4.37. The van der Waals surface area contributed by atoms with E-state index in [0.717, 1.165) is 32.7 Å². The molecule has 0 spiro atoms. The Morgan fingerprint density at radius 3 is 2.42 bits per heavy atom. The molecule has 9 heteroatoms. The Labute approximate surface area is 128 Å². The van der Waals surface area contributed by atoms with Crippen LogP contribution in [0.5, 0.6) is 0 Å². The Morgan fingerprint density at radius 1 is 1.32 bits per heavy atom. The molecular formula is C10H25Cl2N3O3S. The lowest BCUT2D eigenvalue weighted by Gasteiger charge is -2.27. The summed E-state index contributed by atoms with van der Waals surface area (Å²) in [6, 6.07) is 0. The maximum absolute atomic E-state index is 11.6. The van der Waals surface area contributed by atoms with E-state index < -0.39 is 10.0 Å². The fraction of sp³-hybridized carbons (Fsp3) is 1.00. The Balaban J connectivity index is 0. The van der Waals surface area contributed by atoms with Gasteiger partial charge in [0, 0.05) is 46.4 Å². The van der Waals surface area contributed by atoms with Gasteiger partial charge in [0.15, 0.2) is 0 Å². The normalized spacial score (nSPS) is 18.2. The molecule has 0 aromatic carbocycles. The Hall–Kier alpha value is 0.370. The lowest BCUT2D eigenvalue weighted by molar-refractivity contribution is 0.136. The molecule has 118 valence electrons. The van der Waals surface area contributed by atoms with Gasteiger partial charge in [0.1, 0.15) is 0 Å². The quantitative estimate of drug-likeness (QED) is 0.666. The van der Waals surface area contributed by atoms with E-state index in [0.29, 0.717) is 6.54 Å². The summed E-state index contributed by atoms with van der Waals surface area (Å²) in [4.78, 5) is 2.25. The van der Waals surface area contributed by atoms with Crippen LogP contribution in [0.2, 0.25) is 0 Å². The second-order valence-electron chi connectivity index (χ2n) is 4.31. The molecule has 1 heterocycles. The summed E-state index contributed by atoms with van der Waals surface area (Å²) in [5.41, 5.74) is 0. The van der Waals surface area contributed by atoms with Crippen molar-refractivity contribution in [2.45, 2.75) is 13.0 Å². The van der Waals surface area contributed by atoms with Gasteiger partial charge >= 0.3 is 0 Å². The van der Waals surface area contributed by atoms with Crippen molar-refractivity contribution >= 4 is 34.8 Å². The number of hydrogen-bond acceptors (Lipinski definition) is 5. The predicted molar refractivity (Wildman–Crippen MR) is 82.1 cm³/mol. The number of rotatable bonds is 7. The van der Waals surface area contributed by atoms with Crippen molar-refractivity contribution in [1.29, 1.82) is 0 Å². The molecule has 0 aliphatic carbocycles. The molecule has 0 aromatic heterocycles. The molecule has 1 aliphatic rings. The van der Waals surface area contributed by atoms with Crippen LogP contribution in [0.3, 0.4) is 0 Å². The molecule has 19 heavy (non-hydrogen) atoms. The van der Waals surface area contributed by atoms with Crippen molar-refractivity contribution in [3.05, 3.63) is 0 Å². The highest BCUT2D eigenvalue weighted by molar-refractivity contribution is 7.89. The van der Waals surface area contributed by atoms with E-state index in [9.17, 15) is 8.42 Å². The van der Waals surface area contributed by atoms with Crippen molar-refractivity contribution in [1.82, 2.24) is 14.9 Å². The zero-order valence-electron chi connectivity index (χ0n) is 11.4. The number of halogens is 2. The van der Waals surface area contributed by atoms with Crippen LogP contribution >= 0.6 is 24.8 Å². The number of sulfonamides is 1. The molecule has 1 saturated heterocycles. The van der Waals surface area contributed by atoms with Gasteiger partial charge < -0.3 is 10.1 Å². The van der Waals surface area contributed by atoms with Crippen LogP contribution in [0.4, 0.5) is 0 Å². The first-order valence-corrected chi connectivity index (χ1v) is 7.62. The van der Waals surface area contributed by atoms with Crippen LogP contribution in [0.15, 0.2) is 0 Å². The van der Waals surface area contributed by atoms with Gasteiger partial charge in [-0.3, -0.25) is 4.90 Å². The van der Waals surface area contributed by atoms with Gasteiger partial charge in [0.05, 0.1) is 11.9 Å². The first kappa shape index (κ1) is 21.7. The summed E-state index contributed by atoms with van der Waals surface area (Å²) in [6.07, 6.45) is -0.272. The molecule has 2 N–H and O–H groups in total. The van der Waals surface area contributed by atoms with Crippen molar-refractivity contribution in [2.24, 2.45) is 0 Å². The highest BCUT2D eigenvalue weighted by Gasteiger charge is 2.15. The Bertz CT molecular complexity index is 311. The summed E-state index contributed by atoms with van der Waals surface area (Å²) in [7, 11) is -1.70. The number of hydrogen-bond donors (Lipinski definition) is 2. The van der Waals surface area contributed by atoms with Crippen LogP contribution in [0.25, 0.3) is 0 Å². The van der Waals surface area contributed by atoms with Crippen molar-refractivity contribution in [3.8, 4) is 0 Å². The molecule has 0 radical (unpaired) electrons. The molecular weight excluding hydrogens is 313 g/mol. The summed E-state index contributed by atoms with van der Waals surface area (Å²) in [5.74, 6) is 0.0189. The number of nitrogens with one attached hydrogen (secondary N) is 2. The van der Waals surface area contributed by atoms with Crippen molar-refractivity contribution in [3.63, 3.8) is 0 Å². The zero-order valence-corrected chi connectivity index (χ0v) is 13.9. The molecule has 1 fully saturated rings. The standard InChI is InChI=1S/C10H23N3O3S.2ClH/c1-10(16-2)9-17(14,15)12-5-8-13-6-3-11-4-7-13;;/h10-12H,3-9H2,1-2H3;2*1H. The van der Waals surface area contributed by atoms with Crippen molar-refractivity contribution in [2.75, 3.05) is 52.1 Å². The van der Waals surface area contributed by atoms with E-state index >= 15 is 0 Å². The molecule has 0 saturated carbocycles. The largest absolute Gasteiger partial charge is 0.381 e. The van der Waals surface area contributed by atoms with Gasteiger partial charge in [-0.05, 0) is 6.92 Å². The smallest absolute Gasteiger partial charge is 0.214 e. The number of piperazine rings is 1. The maximum Gasteiger partial charge on any atom is 0.214 e. The number of ether oxygens (including phenoxy) is 1. The van der Waals surface area contributed by atoms with E-state index in [4.69, 9.17) is 4.74 Å². The molecule has 0 bridgehead atoms. The SMILES string of the molecule is COC(C)CS(=O)(=O)NCCN1CCNCC1.Cl.Cl. The van der Waals surface area contributed by atoms with Gasteiger partial charge in [-0.2, -0.15) is 0 Å². The highest BCUT2D eigenvalue weighted by Crippen LogP contribution is 1.95. The third kappa shape index (κ3) is 9.84. The van der Waals surface area contributed by atoms with Gasteiger partial charge in [-0.15, -0.1) is 24.8 Å². The second kappa shape index (κ2) is 11.1. The minimum atomic E-state index is -3.21. The lowest BCUT2D eigenvalue weighted by Crippen LogP contribution is -2.46. The van der Waals surface area contributed by atoms with E-state index in [1.807, 2.05) is 0 Å². The molecule has 0 amide bonds. The maximum atomic E-state index is 11.6. The van der Waals surface area contributed by atoms with Gasteiger partial charge in [0.25, 0.3) is 0 Å². The number of nitrogens with zero attached hydrogens (tertiary/aromatic N) is 1. The van der Waals surface area contributed by atoms with Gasteiger partial charge in [0.2, 0.25) is 10.0 Å². The van der Waals surface area contributed by atoms with Crippen LogP contribution in [-0.4, -0.2) is 71.6 Å². The summed E-state index contributed by atoms with van der Waals surface area (Å²) >= 11 is 0. The summed E-state index contributed by atoms with van der Waals surface area (Å²) < 4.78 is 30.8. The van der Waals surface area contributed by atoms with E-state index in [1.54, 1.807) is 6.92 Å². The van der Waals surface area contributed by atoms with E-state index in [-0.39, 0.29) is 36.7 Å². The van der Waals surface area contributed by atoms with Crippen LogP contribution < -0.4 is 10.0 Å². The minimum absolute atomic E-state index is 0. The van der Waals surface area contributed by atoms with E-state index in [2.05, 4.69) is 14.9 Å². The van der Waals surface area contributed by atoms with Gasteiger partial charge in [-0.1, -0.05) is 0 Å². The molecule has 1 atom stereocenters. The van der Waals surface area contributed by atoms with Crippen LogP contribution in [0, 0.1) is 0 Å². The molecule has 6 nitrogen and oxygen atoms in total. The molecule has 0 aromatic rings. The van der Waals surface area contributed by atoms with Gasteiger partial charge in [-0.25, -0.2) is 13.1 Å². The Morgan fingerprint density at radius 2 is 1.89 bits per heavy atom. The molecule has 1 rings (SSSR count). The minimum Gasteiger partial charge on any atom is -0.381 e. The average molecular weight is 338 g/mol.